The van der Waals surface area contributed by atoms with Gasteiger partial charge in [-0.15, -0.1) is 12.4 Å². The molecule has 3 nitrogen and oxygen atoms in total. The highest BCUT2D eigenvalue weighted by Gasteiger charge is 2.26. The number of rotatable bonds is 5. The summed E-state index contributed by atoms with van der Waals surface area (Å²) in [5.41, 5.74) is 7.29. The second-order valence-corrected chi connectivity index (χ2v) is 6.45. The lowest BCUT2D eigenvalue weighted by Gasteiger charge is -2.30. The highest BCUT2D eigenvalue weighted by molar-refractivity contribution is 5.85. The van der Waals surface area contributed by atoms with Crippen molar-refractivity contribution in [2.24, 2.45) is 17.6 Å². The third-order valence-electron chi connectivity index (χ3n) is 4.75. The molecule has 0 radical (unpaired) electrons. The van der Waals surface area contributed by atoms with Crippen LogP contribution in [0.5, 0.6) is 0 Å². The van der Waals surface area contributed by atoms with Gasteiger partial charge in [0.25, 0.3) is 0 Å². The maximum Gasteiger partial charge on any atom is 0.227 e. The molecule has 1 amide bonds. The average Bonchev–Trinajstić information content (AvgIpc) is 2.54. The monoisotopic (exact) mass is 324 g/mol. The van der Waals surface area contributed by atoms with Gasteiger partial charge in [-0.3, -0.25) is 4.79 Å². The van der Waals surface area contributed by atoms with E-state index in [4.69, 9.17) is 5.73 Å². The van der Waals surface area contributed by atoms with Crippen molar-refractivity contribution in [1.82, 2.24) is 4.90 Å². The van der Waals surface area contributed by atoms with E-state index >= 15 is 0 Å². The van der Waals surface area contributed by atoms with E-state index in [0.29, 0.717) is 5.92 Å². The first-order valence-electron chi connectivity index (χ1n) is 8.15. The first kappa shape index (κ1) is 19.0. The van der Waals surface area contributed by atoms with Gasteiger partial charge >= 0.3 is 0 Å². The van der Waals surface area contributed by atoms with Gasteiger partial charge in [0.15, 0.2) is 0 Å². The molecule has 124 valence electrons. The number of carbonyl (C=O) groups is 1. The lowest BCUT2D eigenvalue weighted by atomic mass is 9.88. The molecule has 1 fully saturated rings. The van der Waals surface area contributed by atoms with Gasteiger partial charge in [0.2, 0.25) is 5.91 Å². The number of nitrogens with two attached hydrogens (primary N) is 1. The molecule has 0 spiro atoms. The molecular weight excluding hydrogens is 296 g/mol. The van der Waals surface area contributed by atoms with Crippen LogP contribution < -0.4 is 5.73 Å². The van der Waals surface area contributed by atoms with Crippen LogP contribution in [-0.4, -0.2) is 24.4 Å². The Bertz CT molecular complexity index is 446. The molecule has 4 heteroatoms. The van der Waals surface area contributed by atoms with E-state index in [1.165, 1.54) is 32.1 Å². The Balaban J connectivity index is 0.00000242. The van der Waals surface area contributed by atoms with Crippen molar-refractivity contribution in [3.63, 3.8) is 0 Å². The molecule has 2 atom stereocenters. The standard InChI is InChI=1S/C18H28N2O.ClH/c1-14(17(19)16-11-7-4-8-12-16)18(21)20(2)13-15-9-5-3-6-10-15;/h4,7-8,11-12,14-15,17H,3,5-6,9-10,13,19H2,1-2H3;1H. The van der Waals surface area contributed by atoms with E-state index in [9.17, 15) is 4.79 Å². The van der Waals surface area contributed by atoms with Crippen LogP contribution in [-0.2, 0) is 4.79 Å². The fraction of sp³-hybridized carbons (Fsp3) is 0.611. The molecule has 0 saturated heterocycles. The molecule has 2 unspecified atom stereocenters. The molecule has 0 bridgehead atoms. The van der Waals surface area contributed by atoms with Crippen LogP contribution >= 0.6 is 12.4 Å². The molecule has 2 N–H and O–H groups in total. The summed E-state index contributed by atoms with van der Waals surface area (Å²) in [6.45, 7) is 2.82. The van der Waals surface area contributed by atoms with Crippen LogP contribution in [0.1, 0.15) is 50.6 Å². The summed E-state index contributed by atoms with van der Waals surface area (Å²) in [6, 6.07) is 9.67. The van der Waals surface area contributed by atoms with E-state index in [2.05, 4.69) is 0 Å². The molecule has 22 heavy (non-hydrogen) atoms. The number of benzene rings is 1. The van der Waals surface area contributed by atoms with Crippen molar-refractivity contribution < 1.29 is 4.79 Å². The van der Waals surface area contributed by atoms with E-state index < -0.39 is 0 Å². The van der Waals surface area contributed by atoms with Crippen LogP contribution in [0.4, 0.5) is 0 Å². The zero-order valence-electron chi connectivity index (χ0n) is 13.7. The zero-order valence-corrected chi connectivity index (χ0v) is 14.5. The molecule has 0 aliphatic heterocycles. The molecule has 1 aromatic rings. The van der Waals surface area contributed by atoms with Crippen molar-refractivity contribution in [3.8, 4) is 0 Å². The van der Waals surface area contributed by atoms with Gasteiger partial charge in [-0.05, 0) is 24.3 Å². The Morgan fingerprint density at radius 3 is 2.41 bits per heavy atom. The van der Waals surface area contributed by atoms with E-state index in [0.717, 1.165) is 12.1 Å². The summed E-state index contributed by atoms with van der Waals surface area (Å²) in [4.78, 5) is 14.5. The molecule has 2 rings (SSSR count). The number of carbonyl (C=O) groups excluding carboxylic acids is 1. The highest BCUT2D eigenvalue weighted by Crippen LogP contribution is 2.26. The van der Waals surface area contributed by atoms with Crippen LogP contribution in [0.15, 0.2) is 30.3 Å². The first-order chi connectivity index (χ1) is 10.1. The highest BCUT2D eigenvalue weighted by atomic mass is 35.5. The molecular formula is C18H29ClN2O. The van der Waals surface area contributed by atoms with Crippen molar-refractivity contribution >= 4 is 18.3 Å². The second kappa shape index (κ2) is 9.16. The van der Waals surface area contributed by atoms with Gasteiger partial charge in [-0.1, -0.05) is 56.5 Å². The minimum atomic E-state index is -0.229. The van der Waals surface area contributed by atoms with Crippen LogP contribution in [0.25, 0.3) is 0 Å². The lowest BCUT2D eigenvalue weighted by Crippen LogP contribution is -2.39. The van der Waals surface area contributed by atoms with Crippen molar-refractivity contribution in [2.75, 3.05) is 13.6 Å². The Hall–Kier alpha value is -1.06. The summed E-state index contributed by atoms with van der Waals surface area (Å²) in [5, 5.41) is 0. The van der Waals surface area contributed by atoms with Crippen molar-refractivity contribution in [3.05, 3.63) is 35.9 Å². The second-order valence-electron chi connectivity index (χ2n) is 6.45. The summed E-state index contributed by atoms with van der Waals surface area (Å²) < 4.78 is 0. The normalized spacial score (nSPS) is 18.1. The maximum absolute atomic E-state index is 12.6. The molecule has 1 aliphatic rings. The van der Waals surface area contributed by atoms with Crippen LogP contribution in [0.2, 0.25) is 0 Å². The lowest BCUT2D eigenvalue weighted by molar-refractivity contribution is -0.135. The Labute approximate surface area is 140 Å². The fourth-order valence-electron chi connectivity index (χ4n) is 3.31. The molecule has 1 aromatic carbocycles. The largest absolute Gasteiger partial charge is 0.345 e. The SMILES string of the molecule is CC(C(=O)N(C)CC1CCCCC1)C(N)c1ccccc1.Cl. The van der Waals surface area contributed by atoms with Crippen molar-refractivity contribution in [2.45, 2.75) is 45.1 Å². The van der Waals surface area contributed by atoms with Gasteiger partial charge in [0.1, 0.15) is 0 Å². The summed E-state index contributed by atoms with van der Waals surface area (Å²) in [6.07, 6.45) is 6.49. The number of hydrogen-bond acceptors (Lipinski definition) is 2. The Morgan fingerprint density at radius 1 is 1.23 bits per heavy atom. The average molecular weight is 325 g/mol. The fourth-order valence-corrected chi connectivity index (χ4v) is 3.31. The van der Waals surface area contributed by atoms with E-state index in [1.807, 2.05) is 49.2 Å². The van der Waals surface area contributed by atoms with Gasteiger partial charge in [-0.2, -0.15) is 0 Å². The minimum absolute atomic E-state index is 0. The van der Waals surface area contributed by atoms with Gasteiger partial charge < -0.3 is 10.6 Å². The molecule has 0 heterocycles. The maximum atomic E-state index is 12.6. The van der Waals surface area contributed by atoms with E-state index in [1.54, 1.807) is 0 Å². The number of halogens is 1. The van der Waals surface area contributed by atoms with Crippen molar-refractivity contribution in [1.29, 1.82) is 0 Å². The molecule has 0 aromatic heterocycles. The van der Waals surface area contributed by atoms with Gasteiger partial charge in [0, 0.05) is 19.6 Å². The number of hydrogen-bond donors (Lipinski definition) is 1. The first-order valence-corrected chi connectivity index (χ1v) is 8.15. The molecule has 1 aliphatic carbocycles. The minimum Gasteiger partial charge on any atom is -0.345 e. The molecule has 1 saturated carbocycles. The van der Waals surface area contributed by atoms with E-state index in [-0.39, 0.29) is 30.3 Å². The number of nitrogens with zero attached hydrogens (tertiary/aromatic N) is 1. The topological polar surface area (TPSA) is 46.3 Å². The predicted octanol–water partition coefficient (Wildman–Crippen LogP) is 3.78. The smallest absolute Gasteiger partial charge is 0.227 e. The third kappa shape index (κ3) is 4.99. The summed E-state index contributed by atoms with van der Waals surface area (Å²) in [5.74, 6) is 0.658. The van der Waals surface area contributed by atoms with Gasteiger partial charge in [-0.25, -0.2) is 0 Å². The predicted molar refractivity (Wildman–Crippen MR) is 94.0 cm³/mol. The Morgan fingerprint density at radius 2 is 1.82 bits per heavy atom. The number of amides is 1. The summed E-state index contributed by atoms with van der Waals surface area (Å²) >= 11 is 0. The quantitative estimate of drug-likeness (QED) is 0.895. The summed E-state index contributed by atoms with van der Waals surface area (Å²) in [7, 11) is 1.92. The van der Waals surface area contributed by atoms with Gasteiger partial charge in [0.05, 0.1) is 5.92 Å². The Kier molecular flexibility index (Phi) is 7.91. The van der Waals surface area contributed by atoms with Crippen LogP contribution in [0, 0.1) is 11.8 Å². The zero-order chi connectivity index (χ0) is 15.2. The van der Waals surface area contributed by atoms with Crippen LogP contribution in [0.3, 0.4) is 0 Å². The third-order valence-corrected chi connectivity index (χ3v) is 4.75.